The predicted molar refractivity (Wildman–Crippen MR) is 197 cm³/mol. The summed E-state index contributed by atoms with van der Waals surface area (Å²) in [5.41, 5.74) is 7.58. The molecule has 2 aromatic rings. The smallest absolute Gasteiger partial charge is 0.308 e. The van der Waals surface area contributed by atoms with E-state index in [0.29, 0.717) is 18.8 Å². The molecule has 3 fully saturated rings. The van der Waals surface area contributed by atoms with Crippen LogP contribution in [0.4, 0.5) is 0 Å². The molecule has 4 aliphatic carbocycles. The number of carboxylic acids is 1. The first kappa shape index (κ1) is 35.5. The van der Waals surface area contributed by atoms with Crippen LogP contribution in [0.1, 0.15) is 135 Å². The molecular weight excluding hydrogens is 642 g/mol. The minimum Gasteiger partial charge on any atom is -0.481 e. The number of ether oxygens (including phenoxy) is 2. The standard InChI is InChI=1S/C43H59NO7/c1-21(2)11-13-24-31-25(28-19-38(4,5)51-39(6,7)32(28)35(31)46)18-26-27-17-23-12-14-30-40(8,42(23,10)36(27)44-33(24)26)15-16-43(49)41(30,9)20-29(50-43)34(45)22(3)37(47)48/h11,18-19,22-23,29-30,32,34-35,44-46,49H,12-17,20H2,1-10H3,(H,47,48)/t22-,23-,29-,30+,32+,34+,35+,40-,41-,42+,43-/m0/s1. The van der Waals surface area contributed by atoms with Gasteiger partial charge in [0.1, 0.15) is 0 Å². The molecule has 8 rings (SSSR count). The van der Waals surface area contributed by atoms with E-state index in [2.05, 4.69) is 85.5 Å². The number of allylic oxidation sites excluding steroid dienone is 2. The molecule has 8 heteroatoms. The van der Waals surface area contributed by atoms with Gasteiger partial charge in [0.2, 0.25) is 0 Å². The third-order valence-electron chi connectivity index (χ3n) is 15.5. The Labute approximate surface area is 302 Å². The van der Waals surface area contributed by atoms with Gasteiger partial charge in [0.05, 0.1) is 35.4 Å². The molecule has 51 heavy (non-hydrogen) atoms. The highest BCUT2D eigenvalue weighted by Crippen LogP contribution is 2.74. The number of H-pyrrole nitrogens is 1. The number of aromatic amines is 1. The zero-order valence-electron chi connectivity index (χ0n) is 32.2. The first-order chi connectivity index (χ1) is 23.6. The van der Waals surface area contributed by atoms with E-state index in [-0.39, 0.29) is 22.7 Å². The molecule has 0 unspecified atom stereocenters. The zero-order chi connectivity index (χ0) is 37.0. The molecule has 6 aliphatic rings. The molecule has 3 heterocycles. The Balaban J connectivity index is 1.27. The lowest BCUT2D eigenvalue weighted by Gasteiger charge is -2.65. The second kappa shape index (κ2) is 10.8. The number of aromatic nitrogens is 1. The van der Waals surface area contributed by atoms with Crippen LogP contribution in [0.3, 0.4) is 0 Å². The summed E-state index contributed by atoms with van der Waals surface area (Å²) < 4.78 is 12.9. The van der Waals surface area contributed by atoms with E-state index in [4.69, 9.17) is 9.47 Å². The van der Waals surface area contributed by atoms with Gasteiger partial charge in [-0.1, -0.05) is 32.4 Å². The molecule has 0 radical (unpaired) electrons. The van der Waals surface area contributed by atoms with Gasteiger partial charge < -0.3 is 34.9 Å². The quantitative estimate of drug-likeness (QED) is 0.204. The van der Waals surface area contributed by atoms with Crippen LogP contribution >= 0.6 is 0 Å². The summed E-state index contributed by atoms with van der Waals surface area (Å²) in [5, 5.41) is 46.4. The fraction of sp³-hybridized carbons (Fsp3) is 0.698. The molecule has 0 bridgehead atoms. The summed E-state index contributed by atoms with van der Waals surface area (Å²) in [6, 6.07) is 2.38. The normalized spacial score (nSPS) is 41.0. The number of hydrogen-bond donors (Lipinski definition) is 5. The van der Waals surface area contributed by atoms with Crippen molar-refractivity contribution in [3.63, 3.8) is 0 Å². The van der Waals surface area contributed by atoms with Crippen LogP contribution < -0.4 is 0 Å². The summed E-state index contributed by atoms with van der Waals surface area (Å²) in [6.07, 6.45) is 7.21. The van der Waals surface area contributed by atoms with E-state index in [1.807, 2.05) is 0 Å². The van der Waals surface area contributed by atoms with Crippen molar-refractivity contribution in [1.82, 2.24) is 4.98 Å². The number of rotatable bonds is 5. The lowest BCUT2D eigenvalue weighted by Crippen LogP contribution is -2.65. The van der Waals surface area contributed by atoms with Crippen LogP contribution in [0, 0.1) is 34.5 Å². The fourth-order valence-corrected chi connectivity index (χ4v) is 12.9. The largest absolute Gasteiger partial charge is 0.481 e. The van der Waals surface area contributed by atoms with Gasteiger partial charge in [-0.3, -0.25) is 4.79 Å². The summed E-state index contributed by atoms with van der Waals surface area (Å²) in [6.45, 7) is 21.2. The van der Waals surface area contributed by atoms with Gasteiger partial charge in [-0.05, 0) is 144 Å². The minimum atomic E-state index is -1.42. The lowest BCUT2D eigenvalue weighted by atomic mass is 9.40. The summed E-state index contributed by atoms with van der Waals surface area (Å²) in [4.78, 5) is 15.9. The number of benzene rings is 1. The second-order valence-corrected chi connectivity index (χ2v) is 19.4. The number of hydrogen-bond acceptors (Lipinski definition) is 6. The second-order valence-electron chi connectivity index (χ2n) is 19.4. The molecule has 1 saturated heterocycles. The van der Waals surface area contributed by atoms with E-state index in [9.17, 15) is 25.2 Å². The maximum atomic E-state index is 12.2. The Hall–Kier alpha value is -2.49. The maximum absolute atomic E-state index is 12.2. The minimum absolute atomic E-state index is 0.106. The van der Waals surface area contributed by atoms with Crippen LogP contribution in [0.2, 0.25) is 0 Å². The van der Waals surface area contributed by atoms with Gasteiger partial charge in [0.15, 0.2) is 5.79 Å². The first-order valence-electron chi connectivity index (χ1n) is 19.4. The molecule has 2 saturated carbocycles. The van der Waals surface area contributed by atoms with E-state index >= 15 is 0 Å². The Morgan fingerprint density at radius 2 is 1.78 bits per heavy atom. The van der Waals surface area contributed by atoms with Crippen LogP contribution in [-0.4, -0.2) is 60.6 Å². The Morgan fingerprint density at radius 3 is 2.45 bits per heavy atom. The number of aliphatic hydroxyl groups is 3. The Bertz CT molecular complexity index is 1900. The van der Waals surface area contributed by atoms with Crippen molar-refractivity contribution in [1.29, 1.82) is 0 Å². The van der Waals surface area contributed by atoms with Gasteiger partial charge in [-0.2, -0.15) is 0 Å². The monoisotopic (exact) mass is 701 g/mol. The van der Waals surface area contributed by atoms with Gasteiger partial charge in [-0.15, -0.1) is 0 Å². The van der Waals surface area contributed by atoms with Crippen molar-refractivity contribution < 1.29 is 34.7 Å². The summed E-state index contributed by atoms with van der Waals surface area (Å²) >= 11 is 0. The van der Waals surface area contributed by atoms with E-state index in [1.165, 1.54) is 40.3 Å². The molecule has 1 aromatic carbocycles. The van der Waals surface area contributed by atoms with Crippen molar-refractivity contribution in [3.8, 4) is 0 Å². The van der Waals surface area contributed by atoms with Gasteiger partial charge in [0.25, 0.3) is 0 Å². The van der Waals surface area contributed by atoms with Crippen LogP contribution in [0.25, 0.3) is 16.5 Å². The highest BCUT2D eigenvalue weighted by atomic mass is 16.6. The summed E-state index contributed by atoms with van der Waals surface area (Å²) in [5.74, 6) is -3.09. The zero-order valence-corrected chi connectivity index (χ0v) is 32.2. The molecular formula is C43H59NO7. The molecule has 0 spiro atoms. The first-order valence-corrected chi connectivity index (χ1v) is 19.4. The average Bonchev–Trinajstić information content (AvgIpc) is 3.70. The average molecular weight is 702 g/mol. The maximum Gasteiger partial charge on any atom is 0.308 e. The number of aliphatic hydroxyl groups excluding tert-OH is 2. The van der Waals surface area contributed by atoms with Crippen molar-refractivity contribution in [2.24, 2.45) is 34.5 Å². The van der Waals surface area contributed by atoms with Crippen molar-refractivity contribution >= 4 is 22.4 Å². The predicted octanol–water partition coefficient (Wildman–Crippen LogP) is 7.52. The number of carboxylic acid groups (broad SMARTS) is 1. The number of fused-ring (bicyclic) bond motifs is 12. The van der Waals surface area contributed by atoms with Crippen molar-refractivity contribution in [3.05, 3.63) is 51.7 Å². The van der Waals surface area contributed by atoms with E-state index in [0.717, 1.165) is 48.7 Å². The van der Waals surface area contributed by atoms with E-state index < -0.39 is 52.6 Å². The molecule has 278 valence electrons. The molecule has 2 aliphatic heterocycles. The SMILES string of the molecule is CC(C)=CCc1c2c(cc3c4c([nH]c13)[C@@]1(C)[C@@H](CC[C@@H]3[C@]1(C)CC[C@]1(O)O[C@H]([C@H](O)[C@H](C)C(=O)O)C[C@@]31C)C4)C1=CC(C)(C)OC(C)(C)[C@H]1[C@@H]2O. The summed E-state index contributed by atoms with van der Waals surface area (Å²) in [7, 11) is 0. The Kier molecular flexibility index (Phi) is 7.53. The highest BCUT2D eigenvalue weighted by Gasteiger charge is 2.73. The highest BCUT2D eigenvalue weighted by molar-refractivity contribution is 5.96. The van der Waals surface area contributed by atoms with Crippen LogP contribution in [0.5, 0.6) is 0 Å². The number of aliphatic carboxylic acids is 1. The van der Waals surface area contributed by atoms with Gasteiger partial charge in [-0.25, -0.2) is 0 Å². The van der Waals surface area contributed by atoms with Crippen molar-refractivity contribution in [2.45, 2.75) is 155 Å². The van der Waals surface area contributed by atoms with Gasteiger partial charge in [0, 0.05) is 39.8 Å². The lowest BCUT2D eigenvalue weighted by molar-refractivity contribution is -0.301. The molecule has 11 atom stereocenters. The molecule has 1 aromatic heterocycles. The number of carbonyl (C=O) groups is 1. The molecule has 5 N–H and O–H groups in total. The van der Waals surface area contributed by atoms with Crippen molar-refractivity contribution in [2.75, 3.05) is 0 Å². The topological polar surface area (TPSA) is 132 Å². The third kappa shape index (κ3) is 4.52. The third-order valence-corrected chi connectivity index (χ3v) is 15.5. The van der Waals surface area contributed by atoms with Crippen LogP contribution in [-0.2, 0) is 32.5 Å². The van der Waals surface area contributed by atoms with Crippen LogP contribution in [0.15, 0.2) is 23.8 Å². The molecule has 8 nitrogen and oxygen atoms in total. The fourth-order valence-electron chi connectivity index (χ4n) is 12.9. The van der Waals surface area contributed by atoms with Gasteiger partial charge >= 0.3 is 5.97 Å². The van der Waals surface area contributed by atoms with E-state index in [1.54, 1.807) is 0 Å². The Morgan fingerprint density at radius 1 is 1.08 bits per heavy atom. The molecule has 0 amide bonds. The number of nitrogens with one attached hydrogen (secondary N) is 1.